The summed E-state index contributed by atoms with van der Waals surface area (Å²) in [5.74, 6) is 0.601. The fraction of sp³-hybridized carbons (Fsp3) is 0.600. The molecule has 0 spiro atoms. The van der Waals surface area contributed by atoms with Crippen LogP contribution >= 0.6 is 0 Å². The summed E-state index contributed by atoms with van der Waals surface area (Å²) in [6, 6.07) is 5.05. The molecule has 1 saturated heterocycles. The van der Waals surface area contributed by atoms with Crippen LogP contribution in [-0.2, 0) is 10.0 Å². The first kappa shape index (κ1) is 16.3. The van der Waals surface area contributed by atoms with Crippen LogP contribution in [0, 0.1) is 12.8 Å². The minimum Gasteiger partial charge on any atom is -0.399 e. The van der Waals surface area contributed by atoms with Gasteiger partial charge in [-0.05, 0) is 30.5 Å². The Hall–Kier alpha value is -1.11. The van der Waals surface area contributed by atoms with E-state index in [-0.39, 0.29) is 0 Å². The topological polar surface area (TPSA) is 66.6 Å². The summed E-state index contributed by atoms with van der Waals surface area (Å²) in [5, 5.41) is 0. The Morgan fingerprint density at radius 2 is 1.81 bits per heavy atom. The van der Waals surface area contributed by atoms with E-state index < -0.39 is 10.0 Å². The molecule has 0 saturated carbocycles. The van der Waals surface area contributed by atoms with Crippen molar-refractivity contribution in [2.24, 2.45) is 5.92 Å². The Kier molecular flexibility index (Phi) is 4.91. The van der Waals surface area contributed by atoms with Gasteiger partial charge in [-0.25, -0.2) is 8.42 Å². The molecular formula is C15H25N3O2S. The molecule has 0 unspecified atom stereocenters. The van der Waals surface area contributed by atoms with Gasteiger partial charge in [0.25, 0.3) is 0 Å². The van der Waals surface area contributed by atoms with Gasteiger partial charge in [0.2, 0.25) is 10.0 Å². The van der Waals surface area contributed by atoms with Crippen molar-refractivity contribution < 1.29 is 8.42 Å². The number of benzene rings is 1. The molecule has 2 N–H and O–H groups in total. The zero-order chi connectivity index (χ0) is 15.6. The van der Waals surface area contributed by atoms with Gasteiger partial charge in [0.15, 0.2) is 0 Å². The highest BCUT2D eigenvalue weighted by Gasteiger charge is 2.29. The molecule has 6 heteroatoms. The fourth-order valence-electron chi connectivity index (χ4n) is 2.70. The number of hydrogen-bond acceptors (Lipinski definition) is 4. The highest BCUT2D eigenvalue weighted by molar-refractivity contribution is 7.89. The molecule has 21 heavy (non-hydrogen) atoms. The van der Waals surface area contributed by atoms with Crippen LogP contribution in [0.5, 0.6) is 0 Å². The summed E-state index contributed by atoms with van der Waals surface area (Å²) in [5.41, 5.74) is 6.97. The molecule has 1 fully saturated rings. The van der Waals surface area contributed by atoms with Gasteiger partial charge in [-0.15, -0.1) is 0 Å². The predicted molar refractivity (Wildman–Crippen MR) is 85.6 cm³/mol. The standard InChI is InChI=1S/C15H25N3O2S/c1-12(2)11-17-6-8-18(9-7-17)21(19,20)15-10-14(16)5-4-13(15)3/h4-5,10,12H,6-9,11,16H2,1-3H3. The smallest absolute Gasteiger partial charge is 0.243 e. The molecular weight excluding hydrogens is 286 g/mol. The van der Waals surface area contributed by atoms with Gasteiger partial charge in [-0.1, -0.05) is 19.9 Å². The van der Waals surface area contributed by atoms with Gasteiger partial charge < -0.3 is 10.6 Å². The van der Waals surface area contributed by atoms with E-state index >= 15 is 0 Å². The molecule has 0 aromatic heterocycles. The van der Waals surface area contributed by atoms with E-state index in [1.54, 1.807) is 29.4 Å². The van der Waals surface area contributed by atoms with Crippen LogP contribution in [0.4, 0.5) is 5.69 Å². The van der Waals surface area contributed by atoms with Gasteiger partial charge >= 0.3 is 0 Å². The van der Waals surface area contributed by atoms with Crippen molar-refractivity contribution in [3.8, 4) is 0 Å². The number of rotatable bonds is 4. The first-order valence-corrected chi connectivity index (χ1v) is 8.83. The Bertz CT molecular complexity index is 591. The van der Waals surface area contributed by atoms with Crippen LogP contribution in [-0.4, -0.2) is 50.3 Å². The van der Waals surface area contributed by atoms with Crippen molar-refractivity contribution in [1.82, 2.24) is 9.21 Å². The number of aryl methyl sites for hydroxylation is 1. The van der Waals surface area contributed by atoms with Crippen molar-refractivity contribution in [2.45, 2.75) is 25.7 Å². The third-order valence-corrected chi connectivity index (χ3v) is 5.83. The third-order valence-electron chi connectivity index (χ3n) is 3.78. The minimum absolute atomic E-state index is 0.333. The zero-order valence-corrected chi connectivity index (χ0v) is 13.9. The molecule has 0 radical (unpaired) electrons. The van der Waals surface area contributed by atoms with E-state index in [0.717, 1.165) is 25.2 Å². The van der Waals surface area contributed by atoms with E-state index in [2.05, 4.69) is 18.7 Å². The van der Waals surface area contributed by atoms with Gasteiger partial charge in [0.1, 0.15) is 0 Å². The maximum atomic E-state index is 12.7. The van der Waals surface area contributed by atoms with E-state index in [1.807, 2.05) is 0 Å². The summed E-state index contributed by atoms with van der Waals surface area (Å²) in [4.78, 5) is 2.66. The molecule has 118 valence electrons. The third kappa shape index (κ3) is 3.75. The Labute approximate surface area is 127 Å². The van der Waals surface area contributed by atoms with E-state index in [9.17, 15) is 8.42 Å². The lowest BCUT2D eigenvalue weighted by molar-refractivity contribution is 0.172. The molecule has 1 aliphatic rings. The number of anilines is 1. The molecule has 1 heterocycles. The first-order valence-electron chi connectivity index (χ1n) is 7.39. The average Bonchev–Trinajstić information content (AvgIpc) is 2.41. The van der Waals surface area contributed by atoms with Crippen LogP contribution in [0.3, 0.4) is 0 Å². The van der Waals surface area contributed by atoms with Crippen molar-refractivity contribution in [3.63, 3.8) is 0 Å². The monoisotopic (exact) mass is 311 g/mol. The molecule has 0 atom stereocenters. The molecule has 5 nitrogen and oxygen atoms in total. The van der Waals surface area contributed by atoms with Crippen LogP contribution in [0.25, 0.3) is 0 Å². The van der Waals surface area contributed by atoms with Crippen LogP contribution in [0.15, 0.2) is 23.1 Å². The van der Waals surface area contributed by atoms with Gasteiger partial charge in [-0.3, -0.25) is 0 Å². The number of nitrogen functional groups attached to an aromatic ring is 1. The van der Waals surface area contributed by atoms with Crippen molar-refractivity contribution in [2.75, 3.05) is 38.5 Å². The van der Waals surface area contributed by atoms with Crippen molar-refractivity contribution in [3.05, 3.63) is 23.8 Å². The maximum absolute atomic E-state index is 12.7. The Morgan fingerprint density at radius 1 is 1.19 bits per heavy atom. The fourth-order valence-corrected chi connectivity index (χ4v) is 4.38. The number of nitrogens with two attached hydrogens (primary N) is 1. The predicted octanol–water partition coefficient (Wildman–Crippen LogP) is 1.54. The lowest BCUT2D eigenvalue weighted by atomic mass is 10.2. The largest absolute Gasteiger partial charge is 0.399 e. The second-order valence-corrected chi connectivity index (χ2v) is 8.03. The second kappa shape index (κ2) is 6.34. The normalized spacial score (nSPS) is 18.3. The molecule has 2 rings (SSSR count). The van der Waals surface area contributed by atoms with Crippen molar-refractivity contribution in [1.29, 1.82) is 0 Å². The molecule has 1 aromatic carbocycles. The van der Waals surface area contributed by atoms with Gasteiger partial charge in [0, 0.05) is 38.4 Å². The van der Waals surface area contributed by atoms with Crippen LogP contribution in [0.2, 0.25) is 0 Å². The summed E-state index contributed by atoms with van der Waals surface area (Å²) >= 11 is 0. The molecule has 1 aromatic rings. The highest BCUT2D eigenvalue weighted by Crippen LogP contribution is 2.23. The summed E-state index contributed by atoms with van der Waals surface area (Å²) < 4.78 is 27.1. The maximum Gasteiger partial charge on any atom is 0.243 e. The number of nitrogens with zero attached hydrogens (tertiary/aromatic N) is 2. The Balaban J connectivity index is 2.13. The van der Waals surface area contributed by atoms with Crippen LogP contribution < -0.4 is 5.73 Å². The minimum atomic E-state index is -3.44. The lowest BCUT2D eigenvalue weighted by Crippen LogP contribution is -2.49. The van der Waals surface area contributed by atoms with Crippen LogP contribution in [0.1, 0.15) is 19.4 Å². The van der Waals surface area contributed by atoms with Gasteiger partial charge in [-0.2, -0.15) is 4.31 Å². The van der Waals surface area contributed by atoms with Crippen molar-refractivity contribution >= 4 is 15.7 Å². The molecule has 0 aliphatic carbocycles. The second-order valence-electron chi connectivity index (χ2n) is 6.12. The molecule has 0 amide bonds. The van der Waals surface area contributed by atoms with E-state index in [1.165, 1.54) is 0 Å². The summed E-state index contributed by atoms with van der Waals surface area (Å²) in [7, 11) is -3.44. The number of hydrogen-bond donors (Lipinski definition) is 1. The number of piperazine rings is 1. The molecule has 0 bridgehead atoms. The zero-order valence-electron chi connectivity index (χ0n) is 13.0. The Morgan fingerprint density at radius 3 is 2.38 bits per heavy atom. The van der Waals surface area contributed by atoms with E-state index in [4.69, 9.17) is 5.73 Å². The highest BCUT2D eigenvalue weighted by atomic mass is 32.2. The van der Waals surface area contributed by atoms with E-state index in [0.29, 0.717) is 29.6 Å². The SMILES string of the molecule is Cc1ccc(N)cc1S(=O)(=O)N1CCN(CC(C)C)CC1. The summed E-state index contributed by atoms with van der Waals surface area (Å²) in [6.07, 6.45) is 0. The first-order chi connectivity index (χ1) is 9.80. The number of sulfonamides is 1. The average molecular weight is 311 g/mol. The molecule has 1 aliphatic heterocycles. The lowest BCUT2D eigenvalue weighted by Gasteiger charge is -2.35. The van der Waals surface area contributed by atoms with Gasteiger partial charge in [0.05, 0.1) is 4.90 Å². The summed E-state index contributed by atoms with van der Waals surface area (Å²) in [6.45, 7) is 9.86. The quantitative estimate of drug-likeness (QED) is 0.857.